The van der Waals surface area contributed by atoms with Crippen LogP contribution in [0.2, 0.25) is 0 Å². The van der Waals surface area contributed by atoms with Gasteiger partial charge >= 0.3 is 11.9 Å². The molecule has 8 nitrogen and oxygen atoms in total. The van der Waals surface area contributed by atoms with Crippen LogP contribution in [0, 0.1) is 0 Å². The van der Waals surface area contributed by atoms with Crippen molar-refractivity contribution in [2.24, 2.45) is 0 Å². The molecule has 148 valence electrons. The first-order valence-electron chi connectivity index (χ1n) is 9.14. The number of esters is 2. The smallest absolute Gasteiger partial charge is 0.354 e. The molecule has 8 heteroatoms. The number of carbonyl (C=O) groups is 2. The minimum absolute atomic E-state index is 0.0904. The van der Waals surface area contributed by atoms with E-state index >= 15 is 0 Å². The fraction of sp³-hybridized carbons (Fsp3) is 0.579. The summed E-state index contributed by atoms with van der Waals surface area (Å²) >= 11 is 0. The lowest BCUT2D eigenvalue weighted by Gasteiger charge is -2.48. The van der Waals surface area contributed by atoms with Crippen LogP contribution in [0.3, 0.4) is 0 Å². The Hall–Kier alpha value is -2.00. The van der Waals surface area contributed by atoms with Crippen LogP contribution in [-0.2, 0) is 35.1 Å². The number of methoxy groups -OCH3 is 1. The number of rotatable bonds is 6. The zero-order valence-electron chi connectivity index (χ0n) is 15.6. The Morgan fingerprint density at radius 1 is 0.926 bits per heavy atom. The maximum absolute atomic E-state index is 13.3. The van der Waals surface area contributed by atoms with E-state index in [0.29, 0.717) is 52.6 Å². The van der Waals surface area contributed by atoms with Gasteiger partial charge in [0.05, 0.1) is 33.5 Å². The maximum Gasteiger partial charge on any atom is 0.354 e. The molecule has 0 radical (unpaired) electrons. The fourth-order valence-electron chi connectivity index (χ4n) is 3.54. The highest BCUT2D eigenvalue weighted by Crippen LogP contribution is 2.27. The molecule has 0 unspecified atom stereocenters. The second-order valence-electron chi connectivity index (χ2n) is 6.42. The second-order valence-corrected chi connectivity index (χ2v) is 6.42. The number of morpholine rings is 2. The van der Waals surface area contributed by atoms with Crippen LogP contribution in [0.25, 0.3) is 0 Å². The summed E-state index contributed by atoms with van der Waals surface area (Å²) in [5.41, 5.74) is -0.773. The van der Waals surface area contributed by atoms with Crippen molar-refractivity contribution in [1.29, 1.82) is 0 Å². The van der Waals surface area contributed by atoms with Gasteiger partial charge in [0.25, 0.3) is 5.66 Å². The van der Waals surface area contributed by atoms with Crippen molar-refractivity contribution in [1.82, 2.24) is 9.80 Å². The SMILES string of the molecule is COC(=O)C(C(=O)OCc1ccccc1)(N1CCOCC1)N1CCOCC1. The van der Waals surface area contributed by atoms with Gasteiger partial charge < -0.3 is 18.9 Å². The first-order valence-corrected chi connectivity index (χ1v) is 9.14. The lowest BCUT2D eigenvalue weighted by molar-refractivity contribution is -0.203. The van der Waals surface area contributed by atoms with Gasteiger partial charge in [-0.2, -0.15) is 0 Å². The molecule has 0 bridgehead atoms. The molecule has 0 spiro atoms. The minimum Gasteiger partial charge on any atom is -0.466 e. The highest BCUT2D eigenvalue weighted by Gasteiger charge is 2.58. The van der Waals surface area contributed by atoms with Gasteiger partial charge in [-0.15, -0.1) is 0 Å². The Balaban J connectivity index is 1.90. The van der Waals surface area contributed by atoms with Gasteiger partial charge in [0.1, 0.15) is 6.61 Å². The molecule has 0 amide bonds. The summed E-state index contributed by atoms with van der Waals surface area (Å²) in [5, 5.41) is 0. The number of nitrogens with zero attached hydrogens (tertiary/aromatic N) is 2. The van der Waals surface area contributed by atoms with Crippen molar-refractivity contribution in [3.63, 3.8) is 0 Å². The van der Waals surface area contributed by atoms with Gasteiger partial charge in [0.2, 0.25) is 0 Å². The molecular weight excluding hydrogens is 352 g/mol. The summed E-state index contributed by atoms with van der Waals surface area (Å²) < 4.78 is 21.5. The first-order chi connectivity index (χ1) is 13.2. The molecule has 1 aromatic rings. The van der Waals surface area contributed by atoms with Crippen LogP contribution in [0.5, 0.6) is 0 Å². The average molecular weight is 378 g/mol. The number of ether oxygens (including phenoxy) is 4. The number of carbonyl (C=O) groups excluding carboxylic acids is 2. The Bertz CT molecular complexity index is 608. The molecule has 0 atom stereocenters. The maximum atomic E-state index is 13.3. The standard InChI is InChI=1S/C19H26N2O6/c1-24-17(22)19(20-7-11-25-12-8-20,21-9-13-26-14-10-21)18(23)27-15-16-5-3-2-4-6-16/h2-6H,7-15H2,1H3. The van der Waals surface area contributed by atoms with Crippen LogP contribution >= 0.6 is 0 Å². The van der Waals surface area contributed by atoms with E-state index in [9.17, 15) is 9.59 Å². The Kier molecular flexibility index (Phi) is 6.78. The lowest BCUT2D eigenvalue weighted by Crippen LogP contribution is -2.73. The van der Waals surface area contributed by atoms with E-state index in [1.807, 2.05) is 30.3 Å². The summed E-state index contributed by atoms with van der Waals surface area (Å²) in [6.07, 6.45) is 0. The number of benzene rings is 1. The monoisotopic (exact) mass is 378 g/mol. The highest BCUT2D eigenvalue weighted by molar-refractivity contribution is 6.04. The minimum atomic E-state index is -1.63. The molecule has 2 aliphatic heterocycles. The molecule has 2 saturated heterocycles. The van der Waals surface area contributed by atoms with E-state index in [2.05, 4.69) is 0 Å². The van der Waals surface area contributed by atoms with E-state index in [0.717, 1.165) is 5.56 Å². The second kappa shape index (κ2) is 9.27. The van der Waals surface area contributed by atoms with E-state index < -0.39 is 17.6 Å². The molecule has 2 fully saturated rings. The molecule has 0 aliphatic carbocycles. The number of hydrogen-bond donors (Lipinski definition) is 0. The summed E-state index contributed by atoms with van der Waals surface area (Å²) in [4.78, 5) is 30.0. The zero-order valence-corrected chi connectivity index (χ0v) is 15.6. The molecule has 0 N–H and O–H groups in total. The van der Waals surface area contributed by atoms with Crippen LogP contribution in [-0.4, -0.2) is 87.1 Å². The average Bonchev–Trinajstić information content (AvgIpc) is 2.75. The first kappa shape index (κ1) is 19.8. The Morgan fingerprint density at radius 3 is 1.93 bits per heavy atom. The van der Waals surface area contributed by atoms with Crippen LogP contribution in [0.4, 0.5) is 0 Å². The molecule has 0 saturated carbocycles. The van der Waals surface area contributed by atoms with Crippen molar-refractivity contribution < 1.29 is 28.5 Å². The molecule has 27 heavy (non-hydrogen) atoms. The molecule has 2 heterocycles. The van der Waals surface area contributed by atoms with Gasteiger partial charge in [-0.05, 0) is 5.56 Å². The van der Waals surface area contributed by atoms with E-state index in [4.69, 9.17) is 18.9 Å². The van der Waals surface area contributed by atoms with Crippen molar-refractivity contribution >= 4 is 11.9 Å². The largest absolute Gasteiger partial charge is 0.466 e. The van der Waals surface area contributed by atoms with E-state index in [1.54, 1.807) is 9.80 Å². The molecular formula is C19H26N2O6. The van der Waals surface area contributed by atoms with Crippen LogP contribution in [0.1, 0.15) is 5.56 Å². The van der Waals surface area contributed by atoms with E-state index in [-0.39, 0.29) is 6.61 Å². The summed E-state index contributed by atoms with van der Waals surface area (Å²) in [6, 6.07) is 9.39. The predicted octanol–water partition coefficient (Wildman–Crippen LogP) is 0.264. The van der Waals surface area contributed by atoms with Crippen molar-refractivity contribution in [2.75, 3.05) is 59.7 Å². The highest BCUT2D eigenvalue weighted by atomic mass is 16.6. The molecule has 1 aromatic carbocycles. The summed E-state index contributed by atoms with van der Waals surface area (Å²) in [5.74, 6) is -1.26. The predicted molar refractivity (Wildman–Crippen MR) is 95.8 cm³/mol. The zero-order chi connectivity index (χ0) is 19.1. The van der Waals surface area contributed by atoms with Gasteiger partial charge in [0, 0.05) is 26.2 Å². The lowest BCUT2D eigenvalue weighted by atomic mass is 10.0. The van der Waals surface area contributed by atoms with Crippen molar-refractivity contribution in [3.05, 3.63) is 35.9 Å². The van der Waals surface area contributed by atoms with E-state index in [1.165, 1.54) is 7.11 Å². The third kappa shape index (κ3) is 4.14. The van der Waals surface area contributed by atoms with Gasteiger partial charge in [-0.3, -0.25) is 9.80 Å². The Morgan fingerprint density at radius 2 is 1.44 bits per heavy atom. The number of hydrogen-bond acceptors (Lipinski definition) is 8. The third-order valence-corrected chi connectivity index (χ3v) is 4.90. The Labute approximate surface area is 158 Å². The van der Waals surface area contributed by atoms with Crippen LogP contribution < -0.4 is 0 Å². The molecule has 3 rings (SSSR count). The quantitative estimate of drug-likeness (QED) is 0.516. The summed E-state index contributed by atoms with van der Waals surface area (Å²) in [6.45, 7) is 3.60. The molecule has 0 aromatic heterocycles. The van der Waals surface area contributed by atoms with Crippen molar-refractivity contribution in [3.8, 4) is 0 Å². The topological polar surface area (TPSA) is 77.5 Å². The van der Waals surface area contributed by atoms with Crippen LogP contribution in [0.15, 0.2) is 30.3 Å². The van der Waals surface area contributed by atoms with Gasteiger partial charge in [0.15, 0.2) is 0 Å². The fourth-order valence-corrected chi connectivity index (χ4v) is 3.54. The van der Waals surface area contributed by atoms with Gasteiger partial charge in [-0.1, -0.05) is 30.3 Å². The summed E-state index contributed by atoms with van der Waals surface area (Å²) in [7, 11) is 1.29. The molecule has 2 aliphatic rings. The van der Waals surface area contributed by atoms with Gasteiger partial charge in [-0.25, -0.2) is 9.59 Å². The normalized spacial score (nSPS) is 19.4. The van der Waals surface area contributed by atoms with Crippen molar-refractivity contribution in [2.45, 2.75) is 12.3 Å². The third-order valence-electron chi connectivity index (χ3n) is 4.90.